The lowest BCUT2D eigenvalue weighted by Gasteiger charge is -2.12. The highest BCUT2D eigenvalue weighted by Gasteiger charge is 2.31. The predicted molar refractivity (Wildman–Crippen MR) is 96.0 cm³/mol. The van der Waals surface area contributed by atoms with Gasteiger partial charge in [0.1, 0.15) is 11.5 Å². The highest BCUT2D eigenvalue weighted by atomic mass is 35.5. The average Bonchev–Trinajstić information content (AvgIpc) is 2.62. The van der Waals surface area contributed by atoms with E-state index in [-0.39, 0.29) is 16.7 Å². The lowest BCUT2D eigenvalue weighted by molar-refractivity contribution is -0.144. The zero-order valence-electron chi connectivity index (χ0n) is 14.3. The second kappa shape index (κ2) is 7.55. The van der Waals surface area contributed by atoms with Crippen LogP contribution in [0.15, 0.2) is 48.5 Å². The van der Waals surface area contributed by atoms with Crippen LogP contribution in [0.1, 0.15) is 12.5 Å². The van der Waals surface area contributed by atoms with Crippen molar-refractivity contribution >= 4 is 28.5 Å². The van der Waals surface area contributed by atoms with Gasteiger partial charge in [-0.1, -0.05) is 11.6 Å². The van der Waals surface area contributed by atoms with Gasteiger partial charge in [0.25, 0.3) is 0 Å². The fourth-order valence-electron chi connectivity index (χ4n) is 2.33. The molecular formula is C19H13ClF3NO4. The first-order chi connectivity index (χ1) is 13.1. The van der Waals surface area contributed by atoms with E-state index in [1.807, 2.05) is 0 Å². The molecule has 0 saturated heterocycles. The van der Waals surface area contributed by atoms with Gasteiger partial charge in [-0.2, -0.15) is 13.2 Å². The summed E-state index contributed by atoms with van der Waals surface area (Å²) < 4.78 is 49.0. The molecule has 0 radical (unpaired) electrons. The first kappa shape index (κ1) is 19.8. The second-order valence-corrected chi connectivity index (χ2v) is 6.25. The summed E-state index contributed by atoms with van der Waals surface area (Å²) in [4.78, 5) is 15.1. The van der Waals surface area contributed by atoms with Gasteiger partial charge in [-0.3, -0.25) is 0 Å². The molecule has 0 aliphatic heterocycles. The molecule has 1 heterocycles. The summed E-state index contributed by atoms with van der Waals surface area (Å²) in [5.41, 5.74) is -0.421. The number of nitrogens with zero attached hydrogens (tertiary/aromatic N) is 1. The van der Waals surface area contributed by atoms with Gasteiger partial charge in [0, 0.05) is 17.5 Å². The minimum absolute atomic E-state index is 0.0564. The Kier molecular flexibility index (Phi) is 5.33. The topological polar surface area (TPSA) is 68.7 Å². The Morgan fingerprint density at radius 1 is 1.14 bits per heavy atom. The number of benzene rings is 2. The van der Waals surface area contributed by atoms with E-state index in [0.717, 1.165) is 23.6 Å². The van der Waals surface area contributed by atoms with Gasteiger partial charge in [-0.15, -0.1) is 0 Å². The van der Waals surface area contributed by atoms with Crippen molar-refractivity contribution < 1.29 is 32.5 Å². The molecule has 3 aromatic rings. The Labute approximate surface area is 162 Å². The van der Waals surface area contributed by atoms with Gasteiger partial charge in [0.05, 0.1) is 16.1 Å². The van der Waals surface area contributed by atoms with Crippen molar-refractivity contribution in [3.8, 4) is 17.4 Å². The van der Waals surface area contributed by atoms with Gasteiger partial charge in [-0.25, -0.2) is 9.78 Å². The molecule has 0 fully saturated rings. The number of carbonyl (C=O) groups is 1. The first-order valence-electron chi connectivity index (χ1n) is 7.98. The quantitative estimate of drug-likeness (QED) is 0.596. The maximum atomic E-state index is 12.7. The maximum absolute atomic E-state index is 12.7. The van der Waals surface area contributed by atoms with Crippen LogP contribution in [0.4, 0.5) is 13.2 Å². The minimum Gasteiger partial charge on any atom is -0.479 e. The Morgan fingerprint density at radius 2 is 1.86 bits per heavy atom. The van der Waals surface area contributed by atoms with Crippen molar-refractivity contribution in [1.82, 2.24) is 4.98 Å². The van der Waals surface area contributed by atoms with Crippen LogP contribution in [-0.2, 0) is 11.0 Å². The number of fused-ring (bicyclic) bond motifs is 1. The van der Waals surface area contributed by atoms with E-state index in [0.29, 0.717) is 11.3 Å². The molecule has 0 aliphatic carbocycles. The summed E-state index contributed by atoms with van der Waals surface area (Å²) in [5, 5.41) is 9.46. The molecule has 2 aromatic carbocycles. The third kappa shape index (κ3) is 4.45. The number of carboxylic acid groups (broad SMARTS) is 1. The Bertz CT molecular complexity index is 1040. The summed E-state index contributed by atoms with van der Waals surface area (Å²) in [6.45, 7) is 1.38. The largest absolute Gasteiger partial charge is 0.479 e. The van der Waals surface area contributed by atoms with Crippen molar-refractivity contribution in [1.29, 1.82) is 0 Å². The Morgan fingerprint density at radius 3 is 2.50 bits per heavy atom. The smallest absolute Gasteiger partial charge is 0.416 e. The van der Waals surface area contributed by atoms with Gasteiger partial charge >= 0.3 is 12.1 Å². The van der Waals surface area contributed by atoms with Crippen LogP contribution in [0.3, 0.4) is 0 Å². The number of hydrogen-bond donors (Lipinski definition) is 1. The van der Waals surface area contributed by atoms with E-state index in [1.165, 1.54) is 13.0 Å². The van der Waals surface area contributed by atoms with E-state index < -0.39 is 23.8 Å². The van der Waals surface area contributed by atoms with Crippen molar-refractivity contribution in [2.24, 2.45) is 0 Å². The summed E-state index contributed by atoms with van der Waals surface area (Å²) in [6, 6.07) is 10.9. The second-order valence-electron chi connectivity index (χ2n) is 5.85. The third-order valence-electron chi connectivity index (χ3n) is 3.77. The molecule has 1 aromatic heterocycles. The first-order valence-corrected chi connectivity index (χ1v) is 8.36. The summed E-state index contributed by atoms with van der Waals surface area (Å²) in [7, 11) is 0. The van der Waals surface area contributed by atoms with Crippen LogP contribution in [-0.4, -0.2) is 22.2 Å². The number of aliphatic carboxylic acids is 1. The molecule has 0 saturated carbocycles. The summed E-state index contributed by atoms with van der Waals surface area (Å²) in [5.74, 6) is -0.658. The average molecular weight is 412 g/mol. The molecule has 3 rings (SSSR count). The van der Waals surface area contributed by atoms with Crippen molar-refractivity contribution in [3.05, 3.63) is 59.1 Å². The molecule has 1 N–H and O–H groups in total. The van der Waals surface area contributed by atoms with Crippen LogP contribution in [0.2, 0.25) is 5.02 Å². The van der Waals surface area contributed by atoms with E-state index in [4.69, 9.17) is 26.2 Å². The molecule has 0 spiro atoms. The van der Waals surface area contributed by atoms with Gasteiger partial charge < -0.3 is 14.6 Å². The number of alkyl halides is 3. The zero-order chi connectivity index (χ0) is 20.5. The lowest BCUT2D eigenvalue weighted by atomic mass is 10.2. The normalized spacial score (nSPS) is 12.6. The van der Waals surface area contributed by atoms with Gasteiger partial charge in [0.2, 0.25) is 5.88 Å². The lowest BCUT2D eigenvalue weighted by Crippen LogP contribution is -2.23. The molecular weight excluding hydrogens is 399 g/mol. The van der Waals surface area contributed by atoms with Crippen LogP contribution in [0.25, 0.3) is 10.9 Å². The molecule has 0 aliphatic rings. The molecule has 1 unspecified atom stereocenters. The highest BCUT2D eigenvalue weighted by molar-refractivity contribution is 6.32. The van der Waals surface area contributed by atoms with E-state index >= 15 is 0 Å². The van der Waals surface area contributed by atoms with E-state index in [2.05, 4.69) is 4.98 Å². The van der Waals surface area contributed by atoms with Crippen molar-refractivity contribution in [3.63, 3.8) is 0 Å². The van der Waals surface area contributed by atoms with Gasteiger partial charge in [0.15, 0.2) is 6.10 Å². The zero-order valence-corrected chi connectivity index (χ0v) is 15.1. The molecule has 9 heteroatoms. The number of rotatable bonds is 5. The van der Waals surface area contributed by atoms with E-state index in [1.54, 1.807) is 24.3 Å². The fraction of sp³-hybridized carbons (Fsp3) is 0.158. The van der Waals surface area contributed by atoms with E-state index in [9.17, 15) is 18.0 Å². The number of aromatic nitrogens is 1. The van der Waals surface area contributed by atoms with Gasteiger partial charge in [-0.05, 0) is 43.3 Å². The Hall–Kier alpha value is -3.00. The predicted octanol–water partition coefficient (Wildman–Crippen LogP) is 5.55. The van der Waals surface area contributed by atoms with Crippen LogP contribution >= 0.6 is 11.6 Å². The number of ether oxygens (including phenoxy) is 2. The van der Waals surface area contributed by atoms with Crippen LogP contribution in [0.5, 0.6) is 17.4 Å². The van der Waals surface area contributed by atoms with Crippen molar-refractivity contribution in [2.45, 2.75) is 19.2 Å². The fourth-order valence-corrected chi connectivity index (χ4v) is 2.54. The molecule has 1 atom stereocenters. The number of pyridine rings is 1. The van der Waals surface area contributed by atoms with Crippen molar-refractivity contribution in [2.75, 3.05) is 0 Å². The molecule has 28 heavy (non-hydrogen) atoms. The summed E-state index contributed by atoms with van der Waals surface area (Å²) in [6.07, 6.45) is -5.58. The minimum atomic E-state index is -4.50. The summed E-state index contributed by atoms with van der Waals surface area (Å²) >= 11 is 5.90. The molecule has 0 bridgehead atoms. The Balaban J connectivity index is 1.86. The SMILES string of the molecule is CC(Oc1ccc2ccc(Oc3ccc(C(F)(F)F)cc3Cl)cc2n1)C(=O)O. The highest BCUT2D eigenvalue weighted by Crippen LogP contribution is 2.36. The molecule has 146 valence electrons. The monoisotopic (exact) mass is 411 g/mol. The van der Waals surface area contributed by atoms with Crippen LogP contribution < -0.4 is 9.47 Å². The molecule has 0 amide bonds. The third-order valence-corrected chi connectivity index (χ3v) is 4.07. The van der Waals surface area contributed by atoms with Crippen LogP contribution in [0, 0.1) is 0 Å². The number of halogens is 4. The number of carboxylic acids is 1. The standard InChI is InChI=1S/C19H13ClF3NO4/c1-10(18(25)26)27-17-7-3-11-2-5-13(9-15(11)24-17)28-16-6-4-12(8-14(16)20)19(21,22)23/h2-10H,1H3,(H,25,26). The molecule has 5 nitrogen and oxygen atoms in total. The number of hydrogen-bond acceptors (Lipinski definition) is 4. The maximum Gasteiger partial charge on any atom is 0.416 e.